The van der Waals surface area contributed by atoms with Crippen LogP contribution in [0, 0.1) is 20.8 Å². The van der Waals surface area contributed by atoms with Crippen molar-refractivity contribution in [2.24, 2.45) is 0 Å². The molecule has 0 bridgehead atoms. The molecule has 4 nitrogen and oxygen atoms in total. The van der Waals surface area contributed by atoms with Crippen LogP contribution in [0.5, 0.6) is 0 Å². The first-order valence-electron chi connectivity index (χ1n) is 9.93. The number of nitrogens with zero attached hydrogens (tertiary/aromatic N) is 2. The lowest BCUT2D eigenvalue weighted by Crippen LogP contribution is -2.52. The van der Waals surface area contributed by atoms with Gasteiger partial charge in [-0.2, -0.15) is 0 Å². The van der Waals surface area contributed by atoms with Crippen LogP contribution in [0.15, 0.2) is 36.4 Å². The van der Waals surface area contributed by atoms with Crippen LogP contribution >= 0.6 is 11.6 Å². The third kappa shape index (κ3) is 5.13. The summed E-state index contributed by atoms with van der Waals surface area (Å²) in [4.78, 5) is 17.5. The van der Waals surface area contributed by atoms with Crippen molar-refractivity contribution in [1.82, 2.24) is 9.80 Å². The summed E-state index contributed by atoms with van der Waals surface area (Å²) in [7, 11) is 0. The van der Waals surface area contributed by atoms with Crippen LogP contribution in [-0.2, 0) is 11.3 Å². The third-order valence-corrected chi connectivity index (χ3v) is 5.83. The summed E-state index contributed by atoms with van der Waals surface area (Å²) in [5.74, 6) is 0.0706. The van der Waals surface area contributed by atoms with E-state index >= 15 is 0 Å². The van der Waals surface area contributed by atoms with Crippen LogP contribution in [0.25, 0.3) is 0 Å². The van der Waals surface area contributed by atoms with Gasteiger partial charge in [-0.1, -0.05) is 41.4 Å². The van der Waals surface area contributed by atoms with Crippen molar-refractivity contribution < 1.29 is 4.79 Å². The summed E-state index contributed by atoms with van der Waals surface area (Å²) in [6, 6.07) is 12.1. The molecule has 5 heteroatoms. The van der Waals surface area contributed by atoms with E-state index in [9.17, 15) is 4.79 Å². The molecule has 3 rings (SSSR count). The summed E-state index contributed by atoms with van der Waals surface area (Å²) in [6.45, 7) is 12.8. The highest BCUT2D eigenvalue weighted by Crippen LogP contribution is 2.22. The molecule has 2 aromatic rings. The highest BCUT2D eigenvalue weighted by molar-refractivity contribution is 6.30. The number of piperazine rings is 1. The largest absolute Gasteiger partial charge is 0.324 e. The van der Waals surface area contributed by atoms with Gasteiger partial charge in [0.2, 0.25) is 5.91 Å². The number of rotatable bonds is 5. The SMILES string of the molecule is Cc1cc(C)c(NC(=O)[C@H](C)N2CCN(Cc3ccc(Cl)cc3)CC2)c(C)c1. The van der Waals surface area contributed by atoms with E-state index in [1.165, 1.54) is 11.1 Å². The van der Waals surface area contributed by atoms with E-state index in [1.54, 1.807) is 0 Å². The van der Waals surface area contributed by atoms with Gasteiger partial charge >= 0.3 is 0 Å². The van der Waals surface area contributed by atoms with Crippen molar-refractivity contribution in [3.05, 3.63) is 63.7 Å². The van der Waals surface area contributed by atoms with Gasteiger partial charge in [-0.05, 0) is 56.5 Å². The van der Waals surface area contributed by atoms with E-state index in [4.69, 9.17) is 11.6 Å². The number of hydrogen-bond donors (Lipinski definition) is 1. The number of halogens is 1. The van der Waals surface area contributed by atoms with Gasteiger partial charge in [-0.15, -0.1) is 0 Å². The lowest BCUT2D eigenvalue weighted by molar-refractivity contribution is -0.121. The van der Waals surface area contributed by atoms with Crippen LogP contribution in [-0.4, -0.2) is 47.9 Å². The zero-order chi connectivity index (χ0) is 20.3. The number of aryl methyl sites for hydroxylation is 3. The number of carbonyl (C=O) groups is 1. The minimum absolute atomic E-state index is 0.0706. The smallest absolute Gasteiger partial charge is 0.241 e. The van der Waals surface area contributed by atoms with Crippen molar-refractivity contribution in [1.29, 1.82) is 0 Å². The maximum absolute atomic E-state index is 12.8. The first kappa shape index (κ1) is 20.8. The number of nitrogens with one attached hydrogen (secondary N) is 1. The lowest BCUT2D eigenvalue weighted by Gasteiger charge is -2.37. The number of amides is 1. The Morgan fingerprint density at radius 2 is 1.61 bits per heavy atom. The van der Waals surface area contributed by atoms with E-state index in [0.717, 1.165) is 54.6 Å². The Balaban J connectivity index is 1.54. The number of hydrogen-bond acceptors (Lipinski definition) is 3. The molecule has 1 aliphatic heterocycles. The van der Waals surface area contributed by atoms with E-state index < -0.39 is 0 Å². The molecule has 1 saturated heterocycles. The van der Waals surface area contributed by atoms with Crippen LogP contribution < -0.4 is 5.32 Å². The Kier molecular flexibility index (Phi) is 6.76. The maximum atomic E-state index is 12.8. The third-order valence-electron chi connectivity index (χ3n) is 5.58. The van der Waals surface area contributed by atoms with Crippen molar-refractivity contribution >= 4 is 23.2 Å². The number of carbonyl (C=O) groups excluding carboxylic acids is 1. The summed E-state index contributed by atoms with van der Waals surface area (Å²) >= 11 is 5.97. The topological polar surface area (TPSA) is 35.6 Å². The Hall–Kier alpha value is -1.88. The van der Waals surface area contributed by atoms with Crippen molar-refractivity contribution in [2.45, 2.75) is 40.3 Å². The van der Waals surface area contributed by atoms with E-state index in [1.807, 2.05) is 19.1 Å². The molecule has 0 unspecified atom stereocenters. The molecule has 2 aromatic carbocycles. The predicted octanol–water partition coefficient (Wildman–Crippen LogP) is 4.41. The van der Waals surface area contributed by atoms with Gasteiger partial charge in [0.1, 0.15) is 0 Å². The molecule has 1 heterocycles. The molecule has 0 spiro atoms. The van der Waals surface area contributed by atoms with Crippen molar-refractivity contribution in [2.75, 3.05) is 31.5 Å². The van der Waals surface area contributed by atoms with Gasteiger partial charge in [0.25, 0.3) is 0 Å². The number of benzene rings is 2. The standard InChI is InChI=1S/C23H30ClN3O/c1-16-13-17(2)22(18(3)14-16)25-23(28)19(4)27-11-9-26(10-12-27)15-20-5-7-21(24)8-6-20/h5-8,13-14,19H,9-12,15H2,1-4H3,(H,25,28)/t19-/m0/s1. The second-order valence-corrected chi connectivity index (χ2v) is 8.31. The second kappa shape index (κ2) is 9.08. The molecule has 0 aromatic heterocycles. The quantitative estimate of drug-likeness (QED) is 0.808. The fraction of sp³-hybridized carbons (Fsp3) is 0.435. The average molecular weight is 400 g/mol. The summed E-state index contributed by atoms with van der Waals surface area (Å²) in [5.41, 5.74) is 5.67. The van der Waals surface area contributed by atoms with Gasteiger partial charge in [0.05, 0.1) is 6.04 Å². The fourth-order valence-corrected chi connectivity index (χ4v) is 4.05. The Morgan fingerprint density at radius 1 is 1.04 bits per heavy atom. The van der Waals surface area contributed by atoms with Gasteiger partial charge in [-0.3, -0.25) is 14.6 Å². The van der Waals surface area contributed by atoms with E-state index in [2.05, 4.69) is 60.2 Å². The zero-order valence-electron chi connectivity index (χ0n) is 17.3. The monoisotopic (exact) mass is 399 g/mol. The van der Waals surface area contributed by atoms with Gasteiger partial charge in [-0.25, -0.2) is 0 Å². The molecule has 1 aliphatic rings. The minimum Gasteiger partial charge on any atom is -0.324 e. The molecule has 0 radical (unpaired) electrons. The molecule has 0 aliphatic carbocycles. The molecule has 0 saturated carbocycles. The van der Waals surface area contributed by atoms with Gasteiger partial charge in [0, 0.05) is 43.4 Å². The van der Waals surface area contributed by atoms with Crippen molar-refractivity contribution in [3.63, 3.8) is 0 Å². The zero-order valence-corrected chi connectivity index (χ0v) is 18.0. The van der Waals surface area contributed by atoms with Gasteiger partial charge < -0.3 is 5.32 Å². The van der Waals surface area contributed by atoms with E-state index in [-0.39, 0.29) is 11.9 Å². The Morgan fingerprint density at radius 3 is 2.18 bits per heavy atom. The average Bonchev–Trinajstić information content (AvgIpc) is 2.66. The summed E-state index contributed by atoms with van der Waals surface area (Å²) < 4.78 is 0. The molecule has 1 amide bonds. The molecule has 1 atom stereocenters. The Labute approximate surface area is 173 Å². The van der Waals surface area contributed by atoms with Crippen LogP contribution in [0.1, 0.15) is 29.2 Å². The molecule has 1 fully saturated rings. The molecule has 28 heavy (non-hydrogen) atoms. The molecule has 1 N–H and O–H groups in total. The van der Waals surface area contributed by atoms with Crippen LogP contribution in [0.2, 0.25) is 5.02 Å². The fourth-order valence-electron chi connectivity index (χ4n) is 3.93. The molecule has 150 valence electrons. The number of anilines is 1. The lowest BCUT2D eigenvalue weighted by atomic mass is 10.0. The maximum Gasteiger partial charge on any atom is 0.241 e. The van der Waals surface area contributed by atoms with Crippen LogP contribution in [0.4, 0.5) is 5.69 Å². The van der Waals surface area contributed by atoms with Gasteiger partial charge in [0.15, 0.2) is 0 Å². The summed E-state index contributed by atoms with van der Waals surface area (Å²) in [5, 5.41) is 3.92. The molecular weight excluding hydrogens is 370 g/mol. The first-order chi connectivity index (χ1) is 13.3. The highest BCUT2D eigenvalue weighted by atomic mass is 35.5. The molecular formula is C23H30ClN3O. The van der Waals surface area contributed by atoms with Crippen molar-refractivity contribution in [3.8, 4) is 0 Å². The second-order valence-electron chi connectivity index (χ2n) is 7.88. The van der Waals surface area contributed by atoms with Crippen LogP contribution in [0.3, 0.4) is 0 Å². The normalized spacial score (nSPS) is 16.8. The first-order valence-corrected chi connectivity index (χ1v) is 10.3. The van der Waals surface area contributed by atoms with E-state index in [0.29, 0.717) is 0 Å². The predicted molar refractivity (Wildman–Crippen MR) is 117 cm³/mol. The highest BCUT2D eigenvalue weighted by Gasteiger charge is 2.26. The Bertz CT molecular complexity index is 803. The summed E-state index contributed by atoms with van der Waals surface area (Å²) in [6.07, 6.45) is 0. The minimum atomic E-state index is -0.141.